The molecule has 4 nitrogen and oxygen atoms in total. The minimum atomic E-state index is -0.162. The van der Waals surface area contributed by atoms with Crippen LogP contribution in [0.2, 0.25) is 0 Å². The third kappa shape index (κ3) is 4.07. The third-order valence-electron chi connectivity index (χ3n) is 2.40. The Hall–Kier alpha value is -0.610. The minimum absolute atomic E-state index is 0.0673. The molecule has 1 saturated carbocycles. The average molecular weight is 200 g/mol. The van der Waals surface area contributed by atoms with Crippen molar-refractivity contribution >= 4 is 5.91 Å². The zero-order valence-corrected chi connectivity index (χ0v) is 8.92. The lowest BCUT2D eigenvalue weighted by molar-refractivity contribution is -0.122. The molecule has 0 aromatic heterocycles. The van der Waals surface area contributed by atoms with Crippen LogP contribution < -0.4 is 10.6 Å². The fraction of sp³-hybridized carbons (Fsp3) is 0.900. The lowest BCUT2D eigenvalue weighted by atomic mass is 10.2. The highest BCUT2D eigenvalue weighted by Gasteiger charge is 2.25. The molecule has 1 rings (SSSR count). The standard InChI is InChI=1S/C10H20N2O2/c1-7(6-13)5-11-8(2)10(14)12-9-3-4-9/h7-9,11,13H,3-6H2,1-2H3,(H,12,14). The molecule has 0 radical (unpaired) electrons. The van der Waals surface area contributed by atoms with Gasteiger partial charge in [0.05, 0.1) is 6.04 Å². The maximum absolute atomic E-state index is 11.5. The van der Waals surface area contributed by atoms with Crippen molar-refractivity contribution in [3.05, 3.63) is 0 Å². The fourth-order valence-electron chi connectivity index (χ4n) is 1.09. The van der Waals surface area contributed by atoms with Crippen molar-refractivity contribution in [2.24, 2.45) is 5.92 Å². The van der Waals surface area contributed by atoms with E-state index in [1.807, 2.05) is 13.8 Å². The zero-order valence-electron chi connectivity index (χ0n) is 8.92. The molecular formula is C10H20N2O2. The van der Waals surface area contributed by atoms with Crippen LogP contribution in [-0.2, 0) is 4.79 Å². The van der Waals surface area contributed by atoms with Gasteiger partial charge in [-0.25, -0.2) is 0 Å². The van der Waals surface area contributed by atoms with Crippen LogP contribution in [0.3, 0.4) is 0 Å². The van der Waals surface area contributed by atoms with Gasteiger partial charge >= 0.3 is 0 Å². The first-order valence-corrected chi connectivity index (χ1v) is 5.28. The number of hydrogen-bond acceptors (Lipinski definition) is 3. The second-order valence-corrected chi connectivity index (χ2v) is 4.20. The summed E-state index contributed by atoms with van der Waals surface area (Å²) in [7, 11) is 0. The smallest absolute Gasteiger partial charge is 0.237 e. The molecule has 0 bridgehead atoms. The van der Waals surface area contributed by atoms with Gasteiger partial charge < -0.3 is 15.7 Å². The Morgan fingerprint density at radius 1 is 1.50 bits per heavy atom. The Balaban J connectivity index is 2.12. The molecule has 0 aromatic rings. The van der Waals surface area contributed by atoms with Crippen molar-refractivity contribution in [3.63, 3.8) is 0 Å². The van der Waals surface area contributed by atoms with E-state index in [0.717, 1.165) is 12.8 Å². The third-order valence-corrected chi connectivity index (χ3v) is 2.40. The van der Waals surface area contributed by atoms with E-state index in [1.165, 1.54) is 0 Å². The van der Waals surface area contributed by atoms with E-state index >= 15 is 0 Å². The van der Waals surface area contributed by atoms with Crippen molar-refractivity contribution in [2.75, 3.05) is 13.2 Å². The van der Waals surface area contributed by atoms with Gasteiger partial charge in [-0.05, 0) is 25.7 Å². The molecule has 2 atom stereocenters. The van der Waals surface area contributed by atoms with Gasteiger partial charge in [0.25, 0.3) is 0 Å². The highest BCUT2D eigenvalue weighted by molar-refractivity contribution is 5.81. The van der Waals surface area contributed by atoms with Crippen LogP contribution in [-0.4, -0.2) is 36.2 Å². The lowest BCUT2D eigenvalue weighted by Gasteiger charge is -2.15. The first-order chi connectivity index (χ1) is 6.63. The lowest BCUT2D eigenvalue weighted by Crippen LogP contribution is -2.44. The predicted octanol–water partition coefficient (Wildman–Crippen LogP) is -0.128. The number of amides is 1. The Kier molecular flexibility index (Phi) is 4.35. The quantitative estimate of drug-likeness (QED) is 0.560. The Morgan fingerprint density at radius 3 is 2.64 bits per heavy atom. The van der Waals surface area contributed by atoms with Crippen LogP contribution >= 0.6 is 0 Å². The van der Waals surface area contributed by atoms with E-state index in [9.17, 15) is 4.79 Å². The molecule has 0 spiro atoms. The molecule has 0 heterocycles. The van der Waals surface area contributed by atoms with Crippen LogP contribution in [0.15, 0.2) is 0 Å². The summed E-state index contributed by atoms with van der Waals surface area (Å²) in [5.74, 6) is 0.267. The Labute approximate surface area is 85.1 Å². The summed E-state index contributed by atoms with van der Waals surface area (Å²) in [4.78, 5) is 11.5. The van der Waals surface area contributed by atoms with Crippen LogP contribution in [0.5, 0.6) is 0 Å². The molecule has 1 amide bonds. The summed E-state index contributed by atoms with van der Waals surface area (Å²) in [6, 6.07) is 0.256. The molecule has 0 aliphatic heterocycles. The van der Waals surface area contributed by atoms with Crippen molar-refractivity contribution < 1.29 is 9.90 Å². The SMILES string of the molecule is CC(CO)CNC(C)C(=O)NC1CC1. The zero-order chi connectivity index (χ0) is 10.6. The summed E-state index contributed by atoms with van der Waals surface area (Å²) < 4.78 is 0. The number of carbonyl (C=O) groups is 1. The molecule has 4 heteroatoms. The highest BCUT2D eigenvalue weighted by Crippen LogP contribution is 2.18. The van der Waals surface area contributed by atoms with E-state index in [-0.39, 0.29) is 24.5 Å². The number of aliphatic hydroxyl groups is 1. The number of rotatable bonds is 6. The number of aliphatic hydroxyl groups excluding tert-OH is 1. The maximum Gasteiger partial charge on any atom is 0.237 e. The second kappa shape index (κ2) is 5.32. The molecule has 0 saturated heterocycles. The maximum atomic E-state index is 11.5. The molecule has 0 aromatic carbocycles. The van der Waals surface area contributed by atoms with Crippen molar-refractivity contribution in [1.29, 1.82) is 0 Å². The average Bonchev–Trinajstić information content (AvgIpc) is 2.97. The molecule has 1 aliphatic carbocycles. The van der Waals surface area contributed by atoms with Crippen molar-refractivity contribution in [1.82, 2.24) is 10.6 Å². The van der Waals surface area contributed by atoms with Gasteiger partial charge in [-0.1, -0.05) is 6.92 Å². The number of hydrogen-bond donors (Lipinski definition) is 3. The first-order valence-electron chi connectivity index (χ1n) is 5.28. The first kappa shape index (κ1) is 11.5. The molecule has 3 N–H and O–H groups in total. The van der Waals surface area contributed by atoms with Crippen molar-refractivity contribution in [3.8, 4) is 0 Å². The van der Waals surface area contributed by atoms with Crippen LogP contribution in [0.4, 0.5) is 0 Å². The highest BCUT2D eigenvalue weighted by atomic mass is 16.3. The summed E-state index contributed by atoms with van der Waals surface area (Å²) in [6.07, 6.45) is 2.23. The fourth-order valence-corrected chi connectivity index (χ4v) is 1.09. The molecule has 2 unspecified atom stereocenters. The predicted molar refractivity (Wildman–Crippen MR) is 54.9 cm³/mol. The van der Waals surface area contributed by atoms with Gasteiger partial charge in [-0.15, -0.1) is 0 Å². The van der Waals surface area contributed by atoms with Gasteiger partial charge in [0.2, 0.25) is 5.91 Å². The van der Waals surface area contributed by atoms with E-state index in [4.69, 9.17) is 5.11 Å². The summed E-state index contributed by atoms with van der Waals surface area (Å²) >= 11 is 0. The molecular weight excluding hydrogens is 180 g/mol. The monoisotopic (exact) mass is 200 g/mol. The molecule has 82 valence electrons. The second-order valence-electron chi connectivity index (χ2n) is 4.20. The van der Waals surface area contributed by atoms with Gasteiger partial charge in [0, 0.05) is 19.2 Å². The largest absolute Gasteiger partial charge is 0.396 e. The normalized spacial score (nSPS) is 20.2. The van der Waals surface area contributed by atoms with E-state index in [0.29, 0.717) is 12.6 Å². The summed E-state index contributed by atoms with van der Waals surface area (Å²) in [5.41, 5.74) is 0. The van der Waals surface area contributed by atoms with E-state index in [1.54, 1.807) is 0 Å². The molecule has 1 aliphatic rings. The van der Waals surface area contributed by atoms with E-state index < -0.39 is 0 Å². The van der Waals surface area contributed by atoms with Crippen LogP contribution in [0.1, 0.15) is 26.7 Å². The molecule has 14 heavy (non-hydrogen) atoms. The summed E-state index contributed by atoms with van der Waals surface area (Å²) in [6.45, 7) is 4.63. The number of carbonyl (C=O) groups excluding carboxylic acids is 1. The molecule has 1 fully saturated rings. The minimum Gasteiger partial charge on any atom is -0.396 e. The van der Waals surface area contributed by atoms with Gasteiger partial charge in [0.1, 0.15) is 0 Å². The van der Waals surface area contributed by atoms with Crippen LogP contribution in [0.25, 0.3) is 0 Å². The number of nitrogens with one attached hydrogen (secondary N) is 2. The van der Waals surface area contributed by atoms with Gasteiger partial charge in [-0.3, -0.25) is 4.79 Å². The van der Waals surface area contributed by atoms with E-state index in [2.05, 4.69) is 10.6 Å². The van der Waals surface area contributed by atoms with Gasteiger partial charge in [0.15, 0.2) is 0 Å². The Bertz CT molecular complexity index is 193. The van der Waals surface area contributed by atoms with Crippen molar-refractivity contribution in [2.45, 2.75) is 38.8 Å². The van der Waals surface area contributed by atoms with Gasteiger partial charge in [-0.2, -0.15) is 0 Å². The topological polar surface area (TPSA) is 61.4 Å². The van der Waals surface area contributed by atoms with Crippen LogP contribution in [0, 0.1) is 5.92 Å². The Morgan fingerprint density at radius 2 is 2.14 bits per heavy atom. The summed E-state index contributed by atoms with van der Waals surface area (Å²) in [5, 5.41) is 14.8.